The molecule has 1 aromatic rings. The molecule has 0 fully saturated rings. The minimum Gasteiger partial charge on any atom is -0.494 e. The van der Waals surface area contributed by atoms with Crippen LogP contribution in [-0.2, 0) is 6.42 Å². The Bertz CT molecular complexity index is 337. The van der Waals surface area contributed by atoms with Gasteiger partial charge in [0.15, 0.2) is 0 Å². The third-order valence-electron chi connectivity index (χ3n) is 2.69. The summed E-state index contributed by atoms with van der Waals surface area (Å²) in [6, 6.07) is 10.4. The summed E-state index contributed by atoms with van der Waals surface area (Å²) in [5.74, 6) is 0.905. The molecule has 0 saturated carbocycles. The van der Waals surface area contributed by atoms with Gasteiger partial charge in [-0.3, -0.25) is 0 Å². The number of hydrogen-bond donors (Lipinski definition) is 0. The van der Waals surface area contributed by atoms with Crippen LogP contribution in [0.25, 0.3) is 0 Å². The Balaban J connectivity index is 2.27. The normalized spacial score (nSPS) is 9.88. The molecular formula is C15H21NO. The predicted molar refractivity (Wildman–Crippen MR) is 70.0 cm³/mol. The number of nitriles is 1. The maximum atomic E-state index is 8.40. The van der Waals surface area contributed by atoms with Gasteiger partial charge < -0.3 is 4.74 Å². The summed E-state index contributed by atoms with van der Waals surface area (Å²) in [5.41, 5.74) is 1.38. The number of hydrogen-bond acceptors (Lipinski definition) is 2. The summed E-state index contributed by atoms with van der Waals surface area (Å²) in [7, 11) is 0. The highest BCUT2D eigenvalue weighted by Crippen LogP contribution is 2.14. The molecule has 1 aromatic carbocycles. The lowest BCUT2D eigenvalue weighted by molar-refractivity contribution is 0.312. The summed E-state index contributed by atoms with van der Waals surface area (Å²) in [5, 5.41) is 8.40. The first-order valence-corrected chi connectivity index (χ1v) is 6.45. The molecule has 0 N–H and O–H groups in total. The molecule has 2 nitrogen and oxygen atoms in total. The third-order valence-corrected chi connectivity index (χ3v) is 2.69. The number of nitrogens with zero attached hydrogens (tertiary/aromatic N) is 1. The molecule has 0 unspecified atom stereocenters. The van der Waals surface area contributed by atoms with E-state index in [-0.39, 0.29) is 0 Å². The van der Waals surface area contributed by atoms with Gasteiger partial charge in [-0.05, 0) is 37.0 Å². The molecule has 0 bridgehead atoms. The minimum absolute atomic E-state index is 0.565. The van der Waals surface area contributed by atoms with Crippen molar-refractivity contribution >= 4 is 0 Å². The zero-order chi connectivity index (χ0) is 12.3. The van der Waals surface area contributed by atoms with E-state index in [9.17, 15) is 0 Å². The second-order valence-corrected chi connectivity index (χ2v) is 4.21. The van der Waals surface area contributed by atoms with Crippen molar-refractivity contribution in [2.45, 2.75) is 45.4 Å². The van der Waals surface area contributed by atoms with Crippen LogP contribution in [0, 0.1) is 11.3 Å². The van der Waals surface area contributed by atoms with E-state index in [0.29, 0.717) is 13.0 Å². The predicted octanol–water partition coefficient (Wildman–Crippen LogP) is 4.10. The second-order valence-electron chi connectivity index (χ2n) is 4.21. The number of aryl methyl sites for hydroxylation is 1. The summed E-state index contributed by atoms with van der Waals surface area (Å²) in [6.07, 6.45) is 6.35. The van der Waals surface area contributed by atoms with Crippen LogP contribution < -0.4 is 4.74 Å². The standard InChI is InChI=1S/C15H21NO/c1-2-3-4-7-14-8-10-15(11-9-14)17-13-6-5-12-16/h8-11H,2-7,13H2,1H3. The number of unbranched alkanes of at least 4 members (excludes halogenated alkanes) is 3. The van der Waals surface area contributed by atoms with Crippen molar-refractivity contribution in [3.63, 3.8) is 0 Å². The first kappa shape index (κ1) is 13.6. The Labute approximate surface area is 104 Å². The molecule has 92 valence electrons. The average Bonchev–Trinajstić information content (AvgIpc) is 2.37. The molecule has 0 saturated heterocycles. The Morgan fingerprint density at radius 1 is 1.12 bits per heavy atom. The van der Waals surface area contributed by atoms with Crippen molar-refractivity contribution in [3.05, 3.63) is 29.8 Å². The largest absolute Gasteiger partial charge is 0.494 e. The number of benzene rings is 1. The molecule has 0 spiro atoms. The van der Waals surface area contributed by atoms with Gasteiger partial charge in [-0.2, -0.15) is 5.26 Å². The van der Waals surface area contributed by atoms with Crippen LogP contribution in [0.15, 0.2) is 24.3 Å². The van der Waals surface area contributed by atoms with Crippen molar-refractivity contribution < 1.29 is 4.74 Å². The topological polar surface area (TPSA) is 33.0 Å². The first-order valence-electron chi connectivity index (χ1n) is 6.45. The zero-order valence-electron chi connectivity index (χ0n) is 10.6. The summed E-state index contributed by atoms with van der Waals surface area (Å²) in [6.45, 7) is 2.85. The van der Waals surface area contributed by atoms with Crippen molar-refractivity contribution in [1.29, 1.82) is 5.26 Å². The molecule has 1 rings (SSSR count). The van der Waals surface area contributed by atoms with E-state index in [0.717, 1.165) is 18.6 Å². The van der Waals surface area contributed by atoms with Gasteiger partial charge in [0.25, 0.3) is 0 Å². The molecule has 0 heterocycles. The first-order chi connectivity index (χ1) is 8.36. The maximum Gasteiger partial charge on any atom is 0.119 e. The van der Waals surface area contributed by atoms with E-state index >= 15 is 0 Å². The molecule has 0 aliphatic rings. The van der Waals surface area contributed by atoms with Crippen LogP contribution >= 0.6 is 0 Å². The number of rotatable bonds is 8. The van der Waals surface area contributed by atoms with Gasteiger partial charge >= 0.3 is 0 Å². The Morgan fingerprint density at radius 2 is 1.88 bits per heavy atom. The van der Waals surface area contributed by atoms with Crippen LogP contribution in [0.5, 0.6) is 5.75 Å². The molecular weight excluding hydrogens is 210 g/mol. The molecule has 2 heteroatoms. The molecule has 0 radical (unpaired) electrons. The smallest absolute Gasteiger partial charge is 0.119 e. The minimum atomic E-state index is 0.565. The highest BCUT2D eigenvalue weighted by Gasteiger charge is 1.96. The molecule has 17 heavy (non-hydrogen) atoms. The van der Waals surface area contributed by atoms with Crippen molar-refractivity contribution in [2.24, 2.45) is 0 Å². The van der Waals surface area contributed by atoms with Gasteiger partial charge in [-0.15, -0.1) is 0 Å². The van der Waals surface area contributed by atoms with E-state index in [1.165, 1.54) is 24.8 Å². The van der Waals surface area contributed by atoms with Gasteiger partial charge in [0, 0.05) is 6.42 Å². The summed E-state index contributed by atoms with van der Waals surface area (Å²) < 4.78 is 5.54. The van der Waals surface area contributed by atoms with E-state index < -0.39 is 0 Å². The zero-order valence-corrected chi connectivity index (χ0v) is 10.6. The Kier molecular flexibility index (Phi) is 6.90. The van der Waals surface area contributed by atoms with Gasteiger partial charge in [0.1, 0.15) is 5.75 Å². The Morgan fingerprint density at radius 3 is 2.53 bits per heavy atom. The highest BCUT2D eigenvalue weighted by molar-refractivity contribution is 5.27. The van der Waals surface area contributed by atoms with E-state index in [1.807, 2.05) is 12.1 Å². The van der Waals surface area contributed by atoms with Crippen LogP contribution in [0.4, 0.5) is 0 Å². The van der Waals surface area contributed by atoms with Gasteiger partial charge in [0.2, 0.25) is 0 Å². The maximum absolute atomic E-state index is 8.40. The van der Waals surface area contributed by atoms with E-state index in [4.69, 9.17) is 10.00 Å². The highest BCUT2D eigenvalue weighted by atomic mass is 16.5. The van der Waals surface area contributed by atoms with E-state index in [1.54, 1.807) is 0 Å². The monoisotopic (exact) mass is 231 g/mol. The third kappa shape index (κ3) is 5.97. The number of ether oxygens (including phenoxy) is 1. The van der Waals surface area contributed by atoms with Gasteiger partial charge in [0.05, 0.1) is 12.7 Å². The molecule has 0 aliphatic carbocycles. The van der Waals surface area contributed by atoms with Crippen LogP contribution in [-0.4, -0.2) is 6.61 Å². The molecule has 0 aliphatic heterocycles. The van der Waals surface area contributed by atoms with Gasteiger partial charge in [-0.25, -0.2) is 0 Å². The van der Waals surface area contributed by atoms with E-state index in [2.05, 4.69) is 25.1 Å². The summed E-state index contributed by atoms with van der Waals surface area (Å²) in [4.78, 5) is 0. The second kappa shape index (κ2) is 8.64. The quantitative estimate of drug-likeness (QED) is 0.631. The fraction of sp³-hybridized carbons (Fsp3) is 0.533. The fourth-order valence-corrected chi connectivity index (χ4v) is 1.67. The summed E-state index contributed by atoms with van der Waals surface area (Å²) >= 11 is 0. The fourth-order valence-electron chi connectivity index (χ4n) is 1.67. The van der Waals surface area contributed by atoms with Crippen LogP contribution in [0.3, 0.4) is 0 Å². The lowest BCUT2D eigenvalue weighted by Gasteiger charge is -2.06. The molecule has 0 aromatic heterocycles. The van der Waals surface area contributed by atoms with Crippen molar-refractivity contribution in [3.8, 4) is 11.8 Å². The average molecular weight is 231 g/mol. The molecule has 0 atom stereocenters. The SMILES string of the molecule is CCCCCc1ccc(OCCCC#N)cc1. The van der Waals surface area contributed by atoms with Crippen molar-refractivity contribution in [2.75, 3.05) is 6.61 Å². The van der Waals surface area contributed by atoms with Gasteiger partial charge in [-0.1, -0.05) is 31.9 Å². The Hall–Kier alpha value is -1.49. The van der Waals surface area contributed by atoms with Crippen LogP contribution in [0.1, 0.15) is 44.6 Å². The lowest BCUT2D eigenvalue weighted by Crippen LogP contribution is -1.96. The lowest BCUT2D eigenvalue weighted by atomic mass is 10.1. The molecule has 0 amide bonds. The van der Waals surface area contributed by atoms with Crippen molar-refractivity contribution in [1.82, 2.24) is 0 Å². The van der Waals surface area contributed by atoms with Crippen LogP contribution in [0.2, 0.25) is 0 Å².